The molecule has 0 aliphatic carbocycles. The van der Waals surface area contributed by atoms with Crippen molar-refractivity contribution in [3.63, 3.8) is 0 Å². The van der Waals surface area contributed by atoms with Crippen LogP contribution in [0.25, 0.3) is 0 Å². The van der Waals surface area contributed by atoms with Gasteiger partial charge >= 0.3 is 0 Å². The molecule has 2 aromatic rings. The zero-order valence-corrected chi connectivity index (χ0v) is 15.3. The number of aromatic nitrogens is 4. The lowest BCUT2D eigenvalue weighted by Crippen LogP contribution is -2.38. The number of aryl methyl sites for hydroxylation is 1. The van der Waals surface area contributed by atoms with E-state index in [1.807, 2.05) is 11.6 Å². The largest absolute Gasteiger partial charge is 0.334 e. The monoisotopic (exact) mass is 343 g/mol. The third-order valence-corrected chi connectivity index (χ3v) is 4.58. The summed E-state index contributed by atoms with van der Waals surface area (Å²) in [6.07, 6.45) is 3.11. The summed E-state index contributed by atoms with van der Waals surface area (Å²) in [4.78, 5) is 26.6. The Morgan fingerprint density at radius 3 is 2.80 bits per heavy atom. The van der Waals surface area contributed by atoms with E-state index in [1.54, 1.807) is 24.2 Å². The smallest absolute Gasteiger partial charge is 0.266 e. The summed E-state index contributed by atoms with van der Waals surface area (Å²) >= 11 is 0. The van der Waals surface area contributed by atoms with Crippen molar-refractivity contribution in [2.24, 2.45) is 13.0 Å². The van der Waals surface area contributed by atoms with Crippen LogP contribution in [0.3, 0.4) is 0 Å². The van der Waals surface area contributed by atoms with Gasteiger partial charge in [0, 0.05) is 44.7 Å². The van der Waals surface area contributed by atoms with Crippen LogP contribution in [0.4, 0.5) is 0 Å². The Morgan fingerprint density at radius 2 is 2.12 bits per heavy atom. The van der Waals surface area contributed by atoms with E-state index in [1.165, 1.54) is 4.68 Å². The Hall–Kier alpha value is -2.44. The number of rotatable bonds is 4. The Kier molecular flexibility index (Phi) is 4.74. The van der Waals surface area contributed by atoms with E-state index >= 15 is 0 Å². The van der Waals surface area contributed by atoms with Gasteiger partial charge in [-0.15, -0.1) is 0 Å². The molecule has 0 atom stereocenters. The number of nitrogens with zero attached hydrogens (tertiary/aromatic N) is 5. The highest BCUT2D eigenvalue weighted by atomic mass is 16.2. The van der Waals surface area contributed by atoms with E-state index in [2.05, 4.69) is 24.0 Å². The number of hydrogen-bond acceptors (Lipinski definition) is 4. The third kappa shape index (κ3) is 3.36. The first kappa shape index (κ1) is 17.4. The first-order valence-corrected chi connectivity index (χ1v) is 8.80. The highest BCUT2D eigenvalue weighted by molar-refractivity contribution is 5.95. The zero-order valence-electron chi connectivity index (χ0n) is 15.3. The van der Waals surface area contributed by atoms with Gasteiger partial charge in [0.05, 0.1) is 23.1 Å². The fourth-order valence-corrected chi connectivity index (χ4v) is 3.30. The van der Waals surface area contributed by atoms with Crippen molar-refractivity contribution in [3.8, 4) is 0 Å². The van der Waals surface area contributed by atoms with Crippen LogP contribution >= 0.6 is 0 Å². The quantitative estimate of drug-likeness (QED) is 0.841. The van der Waals surface area contributed by atoms with Crippen molar-refractivity contribution >= 4 is 5.91 Å². The third-order valence-electron chi connectivity index (χ3n) is 4.58. The molecule has 1 amide bonds. The van der Waals surface area contributed by atoms with Gasteiger partial charge in [-0.3, -0.25) is 14.3 Å². The fraction of sp³-hybridized carbons (Fsp3) is 0.556. The van der Waals surface area contributed by atoms with Crippen molar-refractivity contribution in [3.05, 3.63) is 45.1 Å². The first-order chi connectivity index (χ1) is 11.9. The van der Waals surface area contributed by atoms with Crippen molar-refractivity contribution in [1.82, 2.24) is 24.5 Å². The van der Waals surface area contributed by atoms with E-state index in [0.29, 0.717) is 31.0 Å². The Balaban J connectivity index is 1.86. The lowest BCUT2D eigenvalue weighted by Gasteiger charge is -2.28. The molecule has 0 aromatic carbocycles. The van der Waals surface area contributed by atoms with Crippen LogP contribution in [-0.2, 0) is 33.0 Å². The van der Waals surface area contributed by atoms with E-state index in [0.717, 1.165) is 29.9 Å². The second kappa shape index (κ2) is 6.82. The molecule has 0 N–H and O–H groups in total. The van der Waals surface area contributed by atoms with Gasteiger partial charge in [-0.1, -0.05) is 20.8 Å². The molecule has 2 aromatic heterocycles. The lowest BCUT2D eigenvalue weighted by molar-refractivity contribution is 0.0731. The van der Waals surface area contributed by atoms with Crippen molar-refractivity contribution < 1.29 is 4.79 Å². The minimum Gasteiger partial charge on any atom is -0.334 e. The average molecular weight is 343 g/mol. The van der Waals surface area contributed by atoms with Crippen molar-refractivity contribution in [2.75, 3.05) is 6.54 Å². The lowest BCUT2D eigenvalue weighted by atomic mass is 10.0. The summed E-state index contributed by atoms with van der Waals surface area (Å²) in [5.74, 6) is 0.454. The van der Waals surface area contributed by atoms with Gasteiger partial charge in [-0.2, -0.15) is 10.2 Å². The Bertz CT molecular complexity index is 850. The zero-order chi connectivity index (χ0) is 18.1. The maximum atomic E-state index is 13.0. The van der Waals surface area contributed by atoms with Crippen LogP contribution in [0.2, 0.25) is 0 Å². The molecule has 0 bridgehead atoms. The molecule has 7 heteroatoms. The normalized spacial score (nSPS) is 14.0. The predicted octanol–water partition coefficient (Wildman–Crippen LogP) is 1.39. The van der Waals surface area contributed by atoms with Crippen LogP contribution in [-0.4, -0.2) is 36.9 Å². The summed E-state index contributed by atoms with van der Waals surface area (Å²) in [7, 11) is 1.65. The Morgan fingerprint density at radius 1 is 1.36 bits per heavy atom. The summed E-state index contributed by atoms with van der Waals surface area (Å²) < 4.78 is 3.29. The predicted molar refractivity (Wildman–Crippen MR) is 94.4 cm³/mol. The van der Waals surface area contributed by atoms with Gasteiger partial charge in [0.15, 0.2) is 0 Å². The van der Waals surface area contributed by atoms with Crippen molar-refractivity contribution in [1.29, 1.82) is 0 Å². The second-order valence-corrected chi connectivity index (χ2v) is 6.99. The SMILES string of the molecule is CCc1c(C(=O)N2CCc3nn(C)c(=O)cc3C2)cnn1CC(C)C. The molecule has 0 radical (unpaired) electrons. The number of amides is 1. The summed E-state index contributed by atoms with van der Waals surface area (Å²) in [5, 5.41) is 8.72. The number of carbonyl (C=O) groups is 1. The molecule has 0 spiro atoms. The van der Waals surface area contributed by atoms with Gasteiger partial charge in [0.25, 0.3) is 11.5 Å². The van der Waals surface area contributed by atoms with Crippen LogP contribution in [0, 0.1) is 5.92 Å². The molecule has 3 heterocycles. The van der Waals surface area contributed by atoms with E-state index in [4.69, 9.17) is 0 Å². The molecule has 0 saturated carbocycles. The molecule has 0 saturated heterocycles. The first-order valence-electron chi connectivity index (χ1n) is 8.80. The molecule has 25 heavy (non-hydrogen) atoms. The van der Waals surface area contributed by atoms with Gasteiger partial charge in [0.1, 0.15) is 0 Å². The Labute approximate surface area is 147 Å². The van der Waals surface area contributed by atoms with Gasteiger partial charge in [0.2, 0.25) is 0 Å². The maximum absolute atomic E-state index is 13.0. The molecule has 3 rings (SSSR count). The fourth-order valence-electron chi connectivity index (χ4n) is 3.30. The molecule has 134 valence electrons. The molecular weight excluding hydrogens is 318 g/mol. The maximum Gasteiger partial charge on any atom is 0.266 e. The minimum absolute atomic E-state index is 0.0156. The minimum atomic E-state index is -0.146. The number of hydrogen-bond donors (Lipinski definition) is 0. The number of fused-ring (bicyclic) bond motifs is 1. The van der Waals surface area contributed by atoms with Gasteiger partial charge in [-0.05, 0) is 12.3 Å². The average Bonchev–Trinajstić information content (AvgIpc) is 2.96. The topological polar surface area (TPSA) is 73.0 Å². The molecule has 0 fully saturated rings. The molecule has 1 aliphatic heterocycles. The van der Waals surface area contributed by atoms with Gasteiger partial charge < -0.3 is 4.90 Å². The van der Waals surface area contributed by atoms with E-state index in [-0.39, 0.29) is 11.5 Å². The summed E-state index contributed by atoms with van der Waals surface area (Å²) in [6.45, 7) is 8.16. The van der Waals surface area contributed by atoms with Gasteiger partial charge in [-0.25, -0.2) is 4.68 Å². The molecule has 7 nitrogen and oxygen atoms in total. The van der Waals surface area contributed by atoms with Crippen LogP contribution < -0.4 is 5.56 Å². The molecule has 0 unspecified atom stereocenters. The van der Waals surface area contributed by atoms with Crippen LogP contribution in [0.15, 0.2) is 17.1 Å². The van der Waals surface area contributed by atoms with E-state index in [9.17, 15) is 9.59 Å². The molecule has 1 aliphatic rings. The number of carbonyl (C=O) groups excluding carboxylic acids is 1. The van der Waals surface area contributed by atoms with Crippen LogP contribution in [0.5, 0.6) is 0 Å². The van der Waals surface area contributed by atoms with E-state index < -0.39 is 0 Å². The highest BCUT2D eigenvalue weighted by Gasteiger charge is 2.26. The molecular formula is C18H25N5O2. The highest BCUT2D eigenvalue weighted by Crippen LogP contribution is 2.20. The standard InChI is InChI=1S/C18H25N5O2/c1-5-16-14(9-19-23(16)10-12(2)3)18(25)22-7-6-15-13(11-22)8-17(24)21(4)20-15/h8-9,12H,5-7,10-11H2,1-4H3. The van der Waals surface area contributed by atoms with Crippen molar-refractivity contribution in [2.45, 2.75) is 46.7 Å². The second-order valence-electron chi connectivity index (χ2n) is 6.99. The summed E-state index contributed by atoms with van der Waals surface area (Å²) in [5.41, 5.74) is 3.25. The van der Waals surface area contributed by atoms with Crippen LogP contribution in [0.1, 0.15) is 48.1 Å². The summed E-state index contributed by atoms with van der Waals surface area (Å²) in [6, 6.07) is 1.59.